The second kappa shape index (κ2) is 6.24. The van der Waals surface area contributed by atoms with Gasteiger partial charge in [0.05, 0.1) is 0 Å². The SMILES string of the molecule is CCCC1(C)CCCN(C(=O)CCNC)C1. The van der Waals surface area contributed by atoms with E-state index in [9.17, 15) is 4.79 Å². The number of carbonyl (C=O) groups is 1. The minimum Gasteiger partial charge on any atom is -0.342 e. The van der Waals surface area contributed by atoms with Crippen molar-refractivity contribution in [2.75, 3.05) is 26.7 Å². The summed E-state index contributed by atoms with van der Waals surface area (Å²) in [5.74, 6) is 0.316. The largest absolute Gasteiger partial charge is 0.342 e. The minimum absolute atomic E-state index is 0.316. The Bertz CT molecular complexity index is 226. The fourth-order valence-corrected chi connectivity index (χ4v) is 2.73. The Labute approximate surface area is 99.6 Å². The van der Waals surface area contributed by atoms with Gasteiger partial charge in [-0.05, 0) is 31.7 Å². The van der Waals surface area contributed by atoms with Gasteiger partial charge in [-0.2, -0.15) is 0 Å². The molecule has 0 radical (unpaired) electrons. The van der Waals surface area contributed by atoms with Gasteiger partial charge >= 0.3 is 0 Å². The molecule has 0 saturated carbocycles. The van der Waals surface area contributed by atoms with E-state index in [0.717, 1.165) is 19.6 Å². The van der Waals surface area contributed by atoms with Crippen LogP contribution in [0.25, 0.3) is 0 Å². The van der Waals surface area contributed by atoms with E-state index in [0.29, 0.717) is 17.7 Å². The van der Waals surface area contributed by atoms with Gasteiger partial charge in [-0.3, -0.25) is 4.79 Å². The van der Waals surface area contributed by atoms with Gasteiger partial charge < -0.3 is 10.2 Å². The molecule has 1 aliphatic heterocycles. The molecule has 1 aliphatic rings. The second-order valence-electron chi connectivity index (χ2n) is 5.33. The molecule has 1 saturated heterocycles. The maximum absolute atomic E-state index is 11.9. The van der Waals surface area contributed by atoms with Gasteiger partial charge in [0.1, 0.15) is 0 Å². The molecule has 3 nitrogen and oxygen atoms in total. The first kappa shape index (κ1) is 13.5. The summed E-state index contributed by atoms with van der Waals surface area (Å²) in [6, 6.07) is 0. The average molecular weight is 226 g/mol. The van der Waals surface area contributed by atoms with Crippen LogP contribution >= 0.6 is 0 Å². The number of carbonyl (C=O) groups excluding carboxylic acids is 1. The average Bonchev–Trinajstić information content (AvgIpc) is 2.25. The van der Waals surface area contributed by atoms with Crippen LogP contribution in [0.5, 0.6) is 0 Å². The molecule has 1 fully saturated rings. The molecular formula is C13H26N2O. The first-order chi connectivity index (χ1) is 7.61. The molecule has 1 rings (SSSR count). The minimum atomic E-state index is 0.316. The van der Waals surface area contributed by atoms with E-state index in [1.54, 1.807) is 0 Å². The van der Waals surface area contributed by atoms with Crippen molar-refractivity contribution >= 4 is 5.91 Å². The van der Waals surface area contributed by atoms with Gasteiger partial charge in [0, 0.05) is 26.1 Å². The summed E-state index contributed by atoms with van der Waals surface area (Å²) in [6.45, 7) is 7.27. The first-order valence-electron chi connectivity index (χ1n) is 6.54. The first-order valence-corrected chi connectivity index (χ1v) is 6.54. The van der Waals surface area contributed by atoms with E-state index in [4.69, 9.17) is 0 Å². The fourth-order valence-electron chi connectivity index (χ4n) is 2.73. The van der Waals surface area contributed by atoms with Crippen molar-refractivity contribution in [1.82, 2.24) is 10.2 Å². The standard InChI is InChI=1S/C13H26N2O/c1-4-7-13(2)8-5-10-15(11-13)12(16)6-9-14-3/h14H,4-11H2,1-3H3. The zero-order chi connectivity index (χ0) is 12.0. The molecule has 0 bridgehead atoms. The van der Waals surface area contributed by atoms with Crippen LogP contribution in [0.2, 0.25) is 0 Å². The summed E-state index contributed by atoms with van der Waals surface area (Å²) in [6.07, 6.45) is 5.54. The van der Waals surface area contributed by atoms with Gasteiger partial charge in [-0.1, -0.05) is 20.3 Å². The number of nitrogens with zero attached hydrogens (tertiary/aromatic N) is 1. The number of likely N-dealkylation sites (tertiary alicyclic amines) is 1. The van der Waals surface area contributed by atoms with Gasteiger partial charge in [0.15, 0.2) is 0 Å². The summed E-state index contributed by atoms with van der Waals surface area (Å²) in [4.78, 5) is 14.0. The summed E-state index contributed by atoms with van der Waals surface area (Å²) in [5, 5.41) is 3.04. The maximum Gasteiger partial charge on any atom is 0.223 e. The van der Waals surface area contributed by atoms with Crippen LogP contribution in [-0.2, 0) is 4.79 Å². The van der Waals surface area contributed by atoms with Crippen LogP contribution < -0.4 is 5.32 Å². The molecule has 1 atom stereocenters. The smallest absolute Gasteiger partial charge is 0.223 e. The third-order valence-corrected chi connectivity index (χ3v) is 3.58. The highest BCUT2D eigenvalue weighted by Gasteiger charge is 2.31. The van der Waals surface area contributed by atoms with E-state index in [1.165, 1.54) is 25.7 Å². The van der Waals surface area contributed by atoms with Crippen molar-refractivity contribution < 1.29 is 4.79 Å². The van der Waals surface area contributed by atoms with Crippen molar-refractivity contribution in [3.05, 3.63) is 0 Å². The Morgan fingerprint density at radius 2 is 2.25 bits per heavy atom. The lowest BCUT2D eigenvalue weighted by molar-refractivity contribution is -0.134. The van der Waals surface area contributed by atoms with Gasteiger partial charge in [-0.25, -0.2) is 0 Å². The Morgan fingerprint density at radius 1 is 1.50 bits per heavy atom. The van der Waals surface area contributed by atoms with E-state index in [1.807, 2.05) is 7.05 Å². The Kier molecular flexibility index (Phi) is 5.26. The second-order valence-corrected chi connectivity index (χ2v) is 5.33. The van der Waals surface area contributed by atoms with Crippen LogP contribution in [0.15, 0.2) is 0 Å². The zero-order valence-corrected chi connectivity index (χ0v) is 11.0. The lowest BCUT2D eigenvalue weighted by atomic mass is 9.78. The number of hydrogen-bond acceptors (Lipinski definition) is 2. The maximum atomic E-state index is 11.9. The molecule has 3 heteroatoms. The third kappa shape index (κ3) is 3.78. The van der Waals surface area contributed by atoms with Gasteiger partial charge in [0.2, 0.25) is 5.91 Å². The van der Waals surface area contributed by atoms with Crippen molar-refractivity contribution in [2.24, 2.45) is 5.41 Å². The van der Waals surface area contributed by atoms with Crippen molar-refractivity contribution in [1.29, 1.82) is 0 Å². The van der Waals surface area contributed by atoms with E-state index < -0.39 is 0 Å². The quantitative estimate of drug-likeness (QED) is 0.778. The predicted octanol–water partition coefficient (Wildman–Crippen LogP) is 2.02. The highest BCUT2D eigenvalue weighted by Crippen LogP contribution is 2.34. The Hall–Kier alpha value is -0.570. The monoisotopic (exact) mass is 226 g/mol. The molecule has 1 N–H and O–H groups in total. The van der Waals surface area contributed by atoms with E-state index >= 15 is 0 Å². The zero-order valence-electron chi connectivity index (χ0n) is 11.0. The Balaban J connectivity index is 2.46. The number of rotatable bonds is 5. The van der Waals surface area contributed by atoms with Crippen molar-refractivity contribution in [3.63, 3.8) is 0 Å². The number of amides is 1. The summed E-state index contributed by atoms with van der Waals surface area (Å²) in [5.41, 5.74) is 0.363. The molecule has 0 aliphatic carbocycles. The lowest BCUT2D eigenvalue weighted by Crippen LogP contribution is -2.45. The van der Waals surface area contributed by atoms with E-state index in [2.05, 4.69) is 24.1 Å². The van der Waals surface area contributed by atoms with Gasteiger partial charge in [-0.15, -0.1) is 0 Å². The Morgan fingerprint density at radius 3 is 2.88 bits per heavy atom. The molecule has 0 aromatic rings. The molecule has 16 heavy (non-hydrogen) atoms. The number of nitrogens with one attached hydrogen (secondary N) is 1. The summed E-state index contributed by atoms with van der Waals surface area (Å²) in [7, 11) is 1.89. The van der Waals surface area contributed by atoms with Crippen LogP contribution in [0.4, 0.5) is 0 Å². The highest BCUT2D eigenvalue weighted by molar-refractivity contribution is 5.76. The number of piperidine rings is 1. The summed E-state index contributed by atoms with van der Waals surface area (Å²) < 4.78 is 0. The number of hydrogen-bond donors (Lipinski definition) is 1. The van der Waals surface area contributed by atoms with Gasteiger partial charge in [0.25, 0.3) is 0 Å². The molecule has 94 valence electrons. The molecular weight excluding hydrogens is 200 g/mol. The topological polar surface area (TPSA) is 32.3 Å². The predicted molar refractivity (Wildman–Crippen MR) is 67.4 cm³/mol. The van der Waals surface area contributed by atoms with Crippen LogP contribution in [0, 0.1) is 5.41 Å². The van der Waals surface area contributed by atoms with Crippen molar-refractivity contribution in [2.45, 2.75) is 46.0 Å². The molecule has 0 aromatic carbocycles. The summed E-state index contributed by atoms with van der Waals surface area (Å²) >= 11 is 0. The normalized spacial score (nSPS) is 25.8. The molecule has 1 amide bonds. The van der Waals surface area contributed by atoms with Crippen molar-refractivity contribution in [3.8, 4) is 0 Å². The highest BCUT2D eigenvalue weighted by atomic mass is 16.2. The fraction of sp³-hybridized carbons (Fsp3) is 0.923. The lowest BCUT2D eigenvalue weighted by Gasteiger charge is -2.40. The van der Waals surface area contributed by atoms with Crippen LogP contribution in [0.3, 0.4) is 0 Å². The van der Waals surface area contributed by atoms with Crippen LogP contribution in [0.1, 0.15) is 46.0 Å². The third-order valence-electron chi connectivity index (χ3n) is 3.58. The molecule has 0 spiro atoms. The molecule has 1 heterocycles. The molecule has 0 aromatic heterocycles. The molecule has 1 unspecified atom stereocenters. The van der Waals surface area contributed by atoms with E-state index in [-0.39, 0.29) is 0 Å². The van der Waals surface area contributed by atoms with Crippen LogP contribution in [-0.4, -0.2) is 37.5 Å².